The molecule has 0 saturated carbocycles. The van der Waals surface area contributed by atoms with Gasteiger partial charge in [-0.3, -0.25) is 19.4 Å². The SMILES string of the molecule is COc1ccc([C@@H](CCCNS(=O)(=O)c2ccc(C)s2)N2C(=O)c3cccc(N4CCN(C(C)c5ccccc5)CC4)c3C2=O)cc1OC. The van der Waals surface area contributed by atoms with Crippen molar-refractivity contribution in [2.24, 2.45) is 0 Å². The third kappa shape index (κ3) is 7.09. The number of nitrogens with zero attached hydrogens (tertiary/aromatic N) is 3. The Hall–Kier alpha value is -4.23. The van der Waals surface area contributed by atoms with Crippen LogP contribution < -0.4 is 19.1 Å². The Morgan fingerprint density at radius 3 is 2.24 bits per heavy atom. The fourth-order valence-corrected chi connectivity index (χ4v) is 9.16. The van der Waals surface area contributed by atoms with Gasteiger partial charge in [-0.2, -0.15) is 0 Å². The van der Waals surface area contributed by atoms with Crippen LogP contribution in [0.1, 0.15) is 68.6 Å². The summed E-state index contributed by atoms with van der Waals surface area (Å²) in [6.07, 6.45) is 0.711. The fourth-order valence-electron chi connectivity index (χ4n) is 6.76. The molecule has 1 unspecified atom stereocenters. The van der Waals surface area contributed by atoms with Crippen LogP contribution in [0.2, 0.25) is 0 Å². The average molecular weight is 703 g/mol. The summed E-state index contributed by atoms with van der Waals surface area (Å²) in [7, 11) is -0.594. The van der Waals surface area contributed by atoms with Gasteiger partial charge in [0.1, 0.15) is 4.21 Å². The first-order valence-corrected chi connectivity index (χ1v) is 18.8. The van der Waals surface area contributed by atoms with E-state index in [1.165, 1.54) is 28.9 Å². The molecule has 0 spiro atoms. The normalized spacial score (nSPS) is 16.5. The number of piperazine rings is 1. The van der Waals surface area contributed by atoms with E-state index in [0.717, 1.165) is 36.7 Å². The number of fused-ring (bicyclic) bond motifs is 1. The van der Waals surface area contributed by atoms with Gasteiger partial charge in [0.25, 0.3) is 11.8 Å². The van der Waals surface area contributed by atoms with Crippen molar-refractivity contribution in [1.82, 2.24) is 14.5 Å². The molecule has 10 nitrogen and oxygen atoms in total. The molecule has 12 heteroatoms. The van der Waals surface area contributed by atoms with Crippen LogP contribution >= 0.6 is 11.3 Å². The Morgan fingerprint density at radius 2 is 1.57 bits per heavy atom. The van der Waals surface area contributed by atoms with E-state index in [1.54, 1.807) is 37.4 Å². The van der Waals surface area contributed by atoms with Gasteiger partial charge in [-0.05, 0) is 74.2 Å². The van der Waals surface area contributed by atoms with Crippen molar-refractivity contribution in [2.45, 2.75) is 43.0 Å². The van der Waals surface area contributed by atoms with E-state index in [2.05, 4.69) is 45.7 Å². The number of carbonyl (C=O) groups excluding carboxylic acids is 2. The smallest absolute Gasteiger partial charge is 0.264 e. The lowest BCUT2D eigenvalue weighted by Crippen LogP contribution is -2.47. The van der Waals surface area contributed by atoms with Crippen molar-refractivity contribution in [3.63, 3.8) is 0 Å². The van der Waals surface area contributed by atoms with Gasteiger partial charge in [-0.1, -0.05) is 42.5 Å². The number of methoxy groups -OCH3 is 2. The van der Waals surface area contributed by atoms with Crippen molar-refractivity contribution in [3.8, 4) is 11.5 Å². The van der Waals surface area contributed by atoms with Crippen molar-refractivity contribution < 1.29 is 27.5 Å². The van der Waals surface area contributed by atoms with Crippen LogP contribution in [0.25, 0.3) is 0 Å². The number of sulfonamides is 1. The molecule has 4 aromatic rings. The monoisotopic (exact) mass is 702 g/mol. The van der Waals surface area contributed by atoms with Crippen LogP contribution in [0.3, 0.4) is 0 Å². The third-order valence-electron chi connectivity index (χ3n) is 9.44. The molecule has 2 amide bonds. The number of hydrogen-bond donors (Lipinski definition) is 1. The minimum atomic E-state index is -3.67. The summed E-state index contributed by atoms with van der Waals surface area (Å²) >= 11 is 1.21. The Kier molecular flexibility index (Phi) is 10.4. The predicted octanol–water partition coefficient (Wildman–Crippen LogP) is 6.05. The molecule has 6 rings (SSSR count). The zero-order valence-corrected chi connectivity index (χ0v) is 29.9. The number of nitrogens with one attached hydrogen (secondary N) is 1. The zero-order chi connectivity index (χ0) is 34.7. The second-order valence-electron chi connectivity index (χ2n) is 12.3. The number of thiophene rings is 1. The number of anilines is 1. The van der Waals surface area contributed by atoms with Crippen LogP contribution in [0.4, 0.5) is 5.69 Å². The largest absolute Gasteiger partial charge is 0.493 e. The number of amides is 2. The highest BCUT2D eigenvalue weighted by Gasteiger charge is 2.43. The molecule has 1 saturated heterocycles. The summed E-state index contributed by atoms with van der Waals surface area (Å²) in [6, 6.07) is 24.2. The van der Waals surface area contributed by atoms with Crippen molar-refractivity contribution >= 4 is 38.9 Å². The molecule has 2 aliphatic heterocycles. The molecular weight excluding hydrogens is 661 g/mol. The number of hydrogen-bond acceptors (Lipinski definition) is 9. The molecule has 2 aliphatic rings. The minimum Gasteiger partial charge on any atom is -0.493 e. The third-order valence-corrected chi connectivity index (χ3v) is 12.4. The van der Waals surface area contributed by atoms with E-state index < -0.39 is 16.1 Å². The second kappa shape index (κ2) is 14.7. The molecule has 0 bridgehead atoms. The first-order chi connectivity index (χ1) is 23.6. The molecule has 258 valence electrons. The molecular formula is C37H42N4O6S2. The zero-order valence-electron chi connectivity index (χ0n) is 28.2. The number of imide groups is 1. The van der Waals surface area contributed by atoms with Gasteiger partial charge in [-0.15, -0.1) is 11.3 Å². The van der Waals surface area contributed by atoms with E-state index in [0.29, 0.717) is 41.0 Å². The van der Waals surface area contributed by atoms with Gasteiger partial charge < -0.3 is 14.4 Å². The first kappa shape index (κ1) is 34.6. The summed E-state index contributed by atoms with van der Waals surface area (Å²) in [5, 5.41) is 0. The Bertz CT molecular complexity index is 1920. The standard InChI is InChI=1S/C37H42N4O6S2/c1-25-15-18-34(48-25)49(44,45)38-19-9-14-30(28-16-17-32(46-3)33(24-28)47-4)41-36(42)29-12-8-13-31(35(29)37(41)43)40-22-20-39(21-23-40)26(2)27-10-6-5-7-11-27/h5-8,10-13,15-18,24,26,30,38H,9,14,19-23H2,1-4H3/t26?,30-/m1/s1. The topological polar surface area (TPSA) is 108 Å². The Labute approximate surface area is 292 Å². The number of carbonyl (C=O) groups is 2. The van der Waals surface area contributed by atoms with E-state index in [1.807, 2.05) is 31.2 Å². The molecule has 49 heavy (non-hydrogen) atoms. The highest BCUT2D eigenvalue weighted by molar-refractivity contribution is 7.91. The minimum absolute atomic E-state index is 0.142. The van der Waals surface area contributed by atoms with Crippen molar-refractivity contribution in [1.29, 1.82) is 0 Å². The number of rotatable bonds is 13. The van der Waals surface area contributed by atoms with Crippen molar-refractivity contribution in [2.75, 3.05) is 51.8 Å². The lowest BCUT2D eigenvalue weighted by atomic mass is 9.99. The fraction of sp³-hybridized carbons (Fsp3) is 0.351. The molecule has 0 radical (unpaired) electrons. The van der Waals surface area contributed by atoms with Gasteiger partial charge >= 0.3 is 0 Å². The summed E-state index contributed by atoms with van der Waals surface area (Å²) < 4.78 is 39.7. The maximum absolute atomic E-state index is 14.4. The van der Waals surface area contributed by atoms with Gasteiger partial charge in [0.2, 0.25) is 10.0 Å². The Balaban J connectivity index is 1.23. The van der Waals surface area contributed by atoms with E-state index in [4.69, 9.17) is 9.47 Å². The van der Waals surface area contributed by atoms with E-state index in [9.17, 15) is 18.0 Å². The predicted molar refractivity (Wildman–Crippen MR) is 191 cm³/mol. The van der Waals surface area contributed by atoms with E-state index >= 15 is 0 Å². The highest BCUT2D eigenvalue weighted by atomic mass is 32.2. The molecule has 1 aromatic heterocycles. The maximum Gasteiger partial charge on any atom is 0.264 e. The molecule has 1 fully saturated rings. The molecule has 0 aliphatic carbocycles. The Morgan fingerprint density at radius 1 is 0.837 bits per heavy atom. The number of aryl methyl sites for hydroxylation is 1. The van der Waals surface area contributed by atoms with Crippen LogP contribution in [0.5, 0.6) is 11.5 Å². The van der Waals surface area contributed by atoms with Crippen LogP contribution in [0.15, 0.2) is 83.1 Å². The molecule has 2 atom stereocenters. The summed E-state index contributed by atoms with van der Waals surface area (Å²) in [5.74, 6) is 0.269. The summed E-state index contributed by atoms with van der Waals surface area (Å²) in [6.45, 7) is 7.30. The molecule has 1 N–H and O–H groups in total. The van der Waals surface area contributed by atoms with Crippen LogP contribution in [0, 0.1) is 6.92 Å². The van der Waals surface area contributed by atoms with Gasteiger partial charge in [0.15, 0.2) is 11.5 Å². The number of ether oxygens (including phenoxy) is 2. The molecule has 3 aromatic carbocycles. The maximum atomic E-state index is 14.4. The first-order valence-electron chi connectivity index (χ1n) is 16.5. The average Bonchev–Trinajstić information content (AvgIpc) is 3.69. The van der Waals surface area contributed by atoms with Gasteiger partial charge in [0.05, 0.1) is 37.1 Å². The highest BCUT2D eigenvalue weighted by Crippen LogP contribution is 2.41. The molecule has 3 heterocycles. The lowest BCUT2D eigenvalue weighted by molar-refractivity contribution is 0.0572. The quantitative estimate of drug-likeness (QED) is 0.133. The van der Waals surface area contributed by atoms with Crippen molar-refractivity contribution in [3.05, 3.63) is 106 Å². The van der Waals surface area contributed by atoms with Gasteiger partial charge in [0, 0.05) is 43.6 Å². The van der Waals surface area contributed by atoms with Crippen LogP contribution in [-0.4, -0.2) is 77.0 Å². The van der Waals surface area contributed by atoms with Crippen LogP contribution in [-0.2, 0) is 10.0 Å². The van der Waals surface area contributed by atoms with Gasteiger partial charge in [-0.25, -0.2) is 13.1 Å². The summed E-state index contributed by atoms with van der Waals surface area (Å²) in [5.41, 5.74) is 3.51. The second-order valence-corrected chi connectivity index (χ2v) is 15.6. The lowest BCUT2D eigenvalue weighted by Gasteiger charge is -2.39. The summed E-state index contributed by atoms with van der Waals surface area (Å²) in [4.78, 5) is 35.4. The number of benzene rings is 3. The van der Waals surface area contributed by atoms with E-state index in [-0.39, 0.29) is 28.6 Å².